The van der Waals surface area contributed by atoms with Gasteiger partial charge in [-0.3, -0.25) is 0 Å². The summed E-state index contributed by atoms with van der Waals surface area (Å²) < 4.78 is 18.0. The number of rotatable bonds is 5. The second-order valence-corrected chi connectivity index (χ2v) is 3.48. The number of hydrogen-bond donors (Lipinski definition) is 1. The summed E-state index contributed by atoms with van der Waals surface area (Å²) in [5.74, 6) is -1.21. The molecule has 2 unspecified atom stereocenters. The minimum absolute atomic E-state index is 0.108. The fraction of sp³-hybridized carbons (Fsp3) is 0.700. The first kappa shape index (κ1) is 11.2. The third-order valence-electron chi connectivity index (χ3n) is 2.46. The van der Waals surface area contributed by atoms with E-state index in [4.69, 9.17) is 0 Å². The average Bonchev–Trinajstić information content (AvgIpc) is 2.99. The maximum atomic E-state index is 13.5. The lowest BCUT2D eigenvalue weighted by Gasteiger charge is -2.26. The van der Waals surface area contributed by atoms with Gasteiger partial charge in [0.25, 0.3) is 0 Å². The lowest BCUT2D eigenvalue weighted by Crippen LogP contribution is -2.45. The molecule has 2 atom stereocenters. The molecule has 0 aromatic rings. The lowest BCUT2D eigenvalue weighted by molar-refractivity contribution is -0.158. The zero-order valence-electron chi connectivity index (χ0n) is 8.20. The maximum Gasteiger partial charge on any atom is 0.344 e. The highest BCUT2D eigenvalue weighted by Crippen LogP contribution is 2.43. The summed E-state index contributed by atoms with van der Waals surface area (Å²) in [5, 5.41) is 9.83. The van der Waals surface area contributed by atoms with E-state index in [2.05, 4.69) is 11.3 Å². The van der Waals surface area contributed by atoms with Crippen LogP contribution in [0.25, 0.3) is 0 Å². The first-order valence-electron chi connectivity index (χ1n) is 4.73. The van der Waals surface area contributed by atoms with Crippen molar-refractivity contribution < 1.29 is 19.0 Å². The molecule has 0 spiro atoms. The van der Waals surface area contributed by atoms with Crippen molar-refractivity contribution in [2.45, 2.75) is 31.5 Å². The Morgan fingerprint density at radius 3 is 2.79 bits per heavy atom. The van der Waals surface area contributed by atoms with Gasteiger partial charge in [0.2, 0.25) is 6.17 Å². The van der Waals surface area contributed by atoms with E-state index >= 15 is 0 Å². The van der Waals surface area contributed by atoms with Crippen LogP contribution < -0.4 is 0 Å². The highest BCUT2D eigenvalue weighted by atomic mass is 19.1. The summed E-state index contributed by atoms with van der Waals surface area (Å²) in [6.07, 6.45) is 0.532. The van der Waals surface area contributed by atoms with Crippen molar-refractivity contribution in [2.75, 3.05) is 6.61 Å². The molecular formula is C10H15FO3. The summed E-state index contributed by atoms with van der Waals surface area (Å²) in [6.45, 7) is 5.06. The number of ether oxygens (including phenoxy) is 1. The summed E-state index contributed by atoms with van der Waals surface area (Å²) >= 11 is 0. The van der Waals surface area contributed by atoms with E-state index in [-0.39, 0.29) is 12.5 Å². The molecule has 0 aliphatic heterocycles. The van der Waals surface area contributed by atoms with Crippen LogP contribution in [0.3, 0.4) is 0 Å². The van der Waals surface area contributed by atoms with Gasteiger partial charge in [0.05, 0.1) is 6.61 Å². The van der Waals surface area contributed by atoms with Crippen molar-refractivity contribution in [3.63, 3.8) is 0 Å². The predicted octanol–water partition coefficient (Wildman–Crippen LogP) is 1.21. The molecule has 0 bridgehead atoms. The van der Waals surface area contributed by atoms with Gasteiger partial charge in [0.1, 0.15) is 5.60 Å². The van der Waals surface area contributed by atoms with Crippen LogP contribution in [0.4, 0.5) is 4.39 Å². The van der Waals surface area contributed by atoms with Gasteiger partial charge in [0, 0.05) is 0 Å². The van der Waals surface area contributed by atoms with E-state index in [1.165, 1.54) is 0 Å². The molecule has 0 amide bonds. The maximum absolute atomic E-state index is 13.5. The zero-order valence-corrected chi connectivity index (χ0v) is 8.20. The van der Waals surface area contributed by atoms with E-state index in [0.717, 1.165) is 18.9 Å². The number of hydrogen-bond acceptors (Lipinski definition) is 3. The molecule has 0 heterocycles. The molecule has 14 heavy (non-hydrogen) atoms. The predicted molar refractivity (Wildman–Crippen MR) is 49.4 cm³/mol. The van der Waals surface area contributed by atoms with E-state index in [9.17, 15) is 14.3 Å². The topological polar surface area (TPSA) is 46.5 Å². The minimum Gasteiger partial charge on any atom is -0.464 e. The first-order chi connectivity index (χ1) is 6.56. The van der Waals surface area contributed by atoms with Crippen molar-refractivity contribution in [3.05, 3.63) is 12.7 Å². The molecule has 3 nitrogen and oxygen atoms in total. The van der Waals surface area contributed by atoms with Crippen molar-refractivity contribution in [1.29, 1.82) is 0 Å². The van der Waals surface area contributed by atoms with Gasteiger partial charge in [-0.05, 0) is 25.7 Å². The highest BCUT2D eigenvalue weighted by Gasteiger charge is 2.51. The standard InChI is InChI=1S/C10H15FO3/c1-3-10(13,7-5-6-7)8(11)9(12)14-4-2/h3,7-8,13H,1,4-6H2,2H3. The number of alkyl halides is 1. The van der Waals surface area contributed by atoms with Gasteiger partial charge >= 0.3 is 5.97 Å². The van der Waals surface area contributed by atoms with Crippen LogP contribution in [-0.2, 0) is 9.53 Å². The number of esters is 1. The Labute approximate surface area is 82.6 Å². The van der Waals surface area contributed by atoms with Crippen molar-refractivity contribution in [3.8, 4) is 0 Å². The van der Waals surface area contributed by atoms with E-state index in [1.54, 1.807) is 6.92 Å². The van der Waals surface area contributed by atoms with Crippen molar-refractivity contribution in [2.24, 2.45) is 5.92 Å². The van der Waals surface area contributed by atoms with Crippen LogP contribution in [0.5, 0.6) is 0 Å². The fourth-order valence-corrected chi connectivity index (χ4v) is 1.43. The highest BCUT2D eigenvalue weighted by molar-refractivity contribution is 5.76. The smallest absolute Gasteiger partial charge is 0.344 e. The number of halogens is 1. The average molecular weight is 202 g/mol. The van der Waals surface area contributed by atoms with E-state index < -0.39 is 17.7 Å². The molecule has 1 N–H and O–H groups in total. The molecule has 0 aromatic heterocycles. The molecule has 0 aromatic carbocycles. The van der Waals surface area contributed by atoms with Gasteiger partial charge in [0.15, 0.2) is 0 Å². The van der Waals surface area contributed by atoms with Crippen LogP contribution in [-0.4, -0.2) is 29.5 Å². The number of carbonyl (C=O) groups excluding carboxylic acids is 1. The Balaban J connectivity index is 2.68. The van der Waals surface area contributed by atoms with Crippen LogP contribution in [0.2, 0.25) is 0 Å². The van der Waals surface area contributed by atoms with Gasteiger partial charge in [-0.15, -0.1) is 6.58 Å². The monoisotopic (exact) mass is 202 g/mol. The molecule has 4 heteroatoms. The SMILES string of the molecule is C=CC(O)(C1CC1)C(F)C(=O)OCC. The minimum atomic E-state index is -2.02. The molecule has 1 aliphatic rings. The third-order valence-corrected chi connectivity index (χ3v) is 2.46. The lowest BCUT2D eigenvalue weighted by atomic mass is 9.92. The fourth-order valence-electron chi connectivity index (χ4n) is 1.43. The van der Waals surface area contributed by atoms with Gasteiger partial charge < -0.3 is 9.84 Å². The normalized spacial score (nSPS) is 22.2. The Morgan fingerprint density at radius 1 is 1.86 bits per heavy atom. The number of carbonyl (C=O) groups is 1. The third kappa shape index (κ3) is 1.95. The molecule has 1 rings (SSSR count). The van der Waals surface area contributed by atoms with E-state index in [1.807, 2.05) is 0 Å². The summed E-state index contributed by atoms with van der Waals surface area (Å²) in [7, 11) is 0. The molecule has 80 valence electrons. The van der Waals surface area contributed by atoms with E-state index in [0.29, 0.717) is 0 Å². The van der Waals surface area contributed by atoms with Crippen molar-refractivity contribution in [1.82, 2.24) is 0 Å². The second-order valence-electron chi connectivity index (χ2n) is 3.48. The Morgan fingerprint density at radius 2 is 2.43 bits per heavy atom. The van der Waals surface area contributed by atoms with Crippen LogP contribution in [0, 0.1) is 5.92 Å². The quantitative estimate of drug-likeness (QED) is 0.538. The molecule has 0 saturated heterocycles. The van der Waals surface area contributed by atoms with Gasteiger partial charge in [-0.1, -0.05) is 6.08 Å². The molecule has 1 saturated carbocycles. The number of aliphatic hydroxyl groups is 1. The zero-order chi connectivity index (χ0) is 10.8. The van der Waals surface area contributed by atoms with Gasteiger partial charge in [-0.25, -0.2) is 9.18 Å². The largest absolute Gasteiger partial charge is 0.464 e. The molecule has 1 fully saturated rings. The molecular weight excluding hydrogens is 187 g/mol. The van der Waals surface area contributed by atoms with Crippen LogP contribution in [0.15, 0.2) is 12.7 Å². The molecule has 1 aliphatic carbocycles. The summed E-state index contributed by atoms with van der Waals surface area (Å²) in [5.41, 5.74) is -1.74. The Bertz CT molecular complexity index is 238. The second kappa shape index (κ2) is 4.09. The van der Waals surface area contributed by atoms with Crippen LogP contribution >= 0.6 is 0 Å². The van der Waals surface area contributed by atoms with Crippen molar-refractivity contribution >= 4 is 5.97 Å². The summed E-state index contributed by atoms with van der Waals surface area (Å²) in [6, 6.07) is 0. The Kier molecular flexibility index (Phi) is 3.26. The first-order valence-corrected chi connectivity index (χ1v) is 4.73. The molecule has 0 radical (unpaired) electrons. The van der Waals surface area contributed by atoms with Gasteiger partial charge in [-0.2, -0.15) is 0 Å². The summed E-state index contributed by atoms with van der Waals surface area (Å²) in [4.78, 5) is 11.1. The van der Waals surface area contributed by atoms with Crippen LogP contribution in [0.1, 0.15) is 19.8 Å². The Hall–Kier alpha value is -0.900.